The van der Waals surface area contributed by atoms with Gasteiger partial charge < -0.3 is 5.32 Å². The highest BCUT2D eigenvalue weighted by atomic mass is 16.2. The van der Waals surface area contributed by atoms with Gasteiger partial charge in [0.25, 0.3) is 5.91 Å². The molecule has 0 fully saturated rings. The van der Waals surface area contributed by atoms with E-state index in [1.807, 2.05) is 6.92 Å². The summed E-state index contributed by atoms with van der Waals surface area (Å²) in [6.45, 7) is 4.11. The summed E-state index contributed by atoms with van der Waals surface area (Å²) in [5, 5.41) is 2.82. The first kappa shape index (κ1) is 15.2. The van der Waals surface area contributed by atoms with Gasteiger partial charge in [0.05, 0.1) is 0 Å². The van der Waals surface area contributed by atoms with Gasteiger partial charge in [-0.15, -0.1) is 0 Å². The molecular formula is C15H21N2O2. The van der Waals surface area contributed by atoms with E-state index in [0.29, 0.717) is 11.3 Å². The Balaban J connectivity index is 2.69. The maximum atomic E-state index is 12.1. The summed E-state index contributed by atoms with van der Waals surface area (Å²) in [6, 6.07) is 6.51. The largest absolute Gasteiger partial charge is 0.326 e. The molecule has 0 spiro atoms. The van der Waals surface area contributed by atoms with Crippen molar-refractivity contribution in [2.75, 3.05) is 5.32 Å². The zero-order chi connectivity index (χ0) is 14.3. The summed E-state index contributed by atoms with van der Waals surface area (Å²) < 4.78 is 0. The fraction of sp³-hybridized carbons (Fsp3) is 0.467. The van der Waals surface area contributed by atoms with E-state index < -0.39 is 5.91 Å². The van der Waals surface area contributed by atoms with Crippen molar-refractivity contribution in [2.24, 2.45) is 5.92 Å². The van der Waals surface area contributed by atoms with Gasteiger partial charge in [0.2, 0.25) is 5.91 Å². The average Bonchev–Trinajstić information content (AvgIpc) is 2.40. The number of benzene rings is 1. The van der Waals surface area contributed by atoms with Gasteiger partial charge in [-0.2, -0.15) is 0 Å². The number of carbonyl (C=O) groups excluding carboxylic acids is 2. The Kier molecular flexibility index (Phi) is 6.06. The Labute approximate surface area is 114 Å². The van der Waals surface area contributed by atoms with Crippen LogP contribution in [0.5, 0.6) is 0 Å². The molecule has 0 saturated heterocycles. The average molecular weight is 261 g/mol. The molecule has 1 aromatic carbocycles. The van der Waals surface area contributed by atoms with Crippen LogP contribution in [0.25, 0.3) is 0 Å². The molecule has 19 heavy (non-hydrogen) atoms. The van der Waals surface area contributed by atoms with E-state index in [0.717, 1.165) is 25.7 Å². The van der Waals surface area contributed by atoms with E-state index in [4.69, 9.17) is 5.73 Å². The van der Waals surface area contributed by atoms with Crippen LogP contribution < -0.4 is 11.1 Å². The quantitative estimate of drug-likeness (QED) is 0.818. The molecule has 0 aromatic heterocycles. The summed E-state index contributed by atoms with van der Waals surface area (Å²) in [5.74, 6) is -0.741. The van der Waals surface area contributed by atoms with Crippen molar-refractivity contribution in [3.8, 4) is 0 Å². The predicted octanol–water partition coefficient (Wildman–Crippen LogP) is 3.26. The van der Waals surface area contributed by atoms with Gasteiger partial charge in [0.1, 0.15) is 0 Å². The molecule has 0 heterocycles. The maximum Gasteiger partial charge on any atom is 0.269 e. The SMILES string of the molecule is CCCCC(CC)C(=O)Nc1cccc(C([NH])=O)c1. The second-order valence-electron chi connectivity index (χ2n) is 4.65. The van der Waals surface area contributed by atoms with E-state index in [-0.39, 0.29) is 11.8 Å². The third-order valence-corrected chi connectivity index (χ3v) is 3.16. The number of hydrogen-bond donors (Lipinski definition) is 1. The van der Waals surface area contributed by atoms with Crippen LogP contribution in [0.2, 0.25) is 0 Å². The summed E-state index contributed by atoms with van der Waals surface area (Å²) >= 11 is 0. The molecule has 0 aliphatic rings. The Hall–Kier alpha value is -1.84. The standard InChI is InChI=1S/C15H21N2O2/c1-3-5-7-11(4-2)15(19)17-13-9-6-8-12(10-13)14(16)18/h6,8-11,16H,3-5,7H2,1-2H3,(H,17,19). The van der Waals surface area contributed by atoms with Gasteiger partial charge in [0, 0.05) is 17.2 Å². The molecule has 0 aliphatic heterocycles. The van der Waals surface area contributed by atoms with E-state index in [1.54, 1.807) is 24.3 Å². The van der Waals surface area contributed by atoms with Crippen molar-refractivity contribution < 1.29 is 9.59 Å². The Morgan fingerprint density at radius 3 is 2.63 bits per heavy atom. The number of rotatable bonds is 7. The number of nitrogens with one attached hydrogen (secondary N) is 2. The topological polar surface area (TPSA) is 70.0 Å². The van der Waals surface area contributed by atoms with Crippen LogP contribution in [0.1, 0.15) is 49.9 Å². The molecule has 0 bridgehead atoms. The molecule has 1 unspecified atom stereocenters. The van der Waals surface area contributed by atoms with Crippen molar-refractivity contribution >= 4 is 17.5 Å². The van der Waals surface area contributed by atoms with Crippen molar-refractivity contribution in [2.45, 2.75) is 39.5 Å². The lowest BCUT2D eigenvalue weighted by molar-refractivity contribution is -0.120. The molecule has 0 saturated carbocycles. The molecule has 103 valence electrons. The molecule has 2 amide bonds. The smallest absolute Gasteiger partial charge is 0.269 e. The third kappa shape index (κ3) is 4.73. The Morgan fingerprint density at radius 1 is 1.32 bits per heavy atom. The first-order valence-corrected chi connectivity index (χ1v) is 6.75. The molecule has 1 rings (SSSR count). The number of amides is 2. The maximum absolute atomic E-state index is 12.1. The van der Waals surface area contributed by atoms with Crippen LogP contribution in [0.15, 0.2) is 24.3 Å². The summed E-state index contributed by atoms with van der Waals surface area (Å²) in [5.41, 5.74) is 7.93. The summed E-state index contributed by atoms with van der Waals surface area (Å²) in [4.78, 5) is 23.1. The van der Waals surface area contributed by atoms with Crippen molar-refractivity contribution in [3.63, 3.8) is 0 Å². The van der Waals surface area contributed by atoms with Crippen LogP contribution >= 0.6 is 0 Å². The van der Waals surface area contributed by atoms with Crippen LogP contribution in [0.4, 0.5) is 5.69 Å². The lowest BCUT2D eigenvalue weighted by Crippen LogP contribution is -2.22. The summed E-state index contributed by atoms with van der Waals surface area (Å²) in [7, 11) is 0. The highest BCUT2D eigenvalue weighted by Crippen LogP contribution is 2.17. The third-order valence-electron chi connectivity index (χ3n) is 3.16. The van der Waals surface area contributed by atoms with Crippen molar-refractivity contribution in [1.29, 1.82) is 0 Å². The molecule has 4 heteroatoms. The molecule has 2 N–H and O–H groups in total. The van der Waals surface area contributed by atoms with E-state index in [9.17, 15) is 9.59 Å². The van der Waals surface area contributed by atoms with E-state index >= 15 is 0 Å². The first-order chi connectivity index (χ1) is 9.08. The van der Waals surface area contributed by atoms with Crippen LogP contribution in [0, 0.1) is 5.92 Å². The van der Waals surface area contributed by atoms with Gasteiger partial charge in [-0.1, -0.05) is 32.8 Å². The number of carbonyl (C=O) groups is 2. The van der Waals surface area contributed by atoms with Crippen molar-refractivity contribution in [3.05, 3.63) is 29.8 Å². The normalized spacial score (nSPS) is 11.9. The zero-order valence-electron chi connectivity index (χ0n) is 11.5. The van der Waals surface area contributed by atoms with E-state index in [2.05, 4.69) is 12.2 Å². The Bertz CT molecular complexity index is 444. The molecule has 1 atom stereocenters. The van der Waals surface area contributed by atoms with Crippen LogP contribution in [-0.4, -0.2) is 11.8 Å². The first-order valence-electron chi connectivity index (χ1n) is 6.75. The highest BCUT2D eigenvalue weighted by molar-refractivity contribution is 5.96. The minimum atomic E-state index is -0.742. The minimum Gasteiger partial charge on any atom is -0.326 e. The monoisotopic (exact) mass is 261 g/mol. The lowest BCUT2D eigenvalue weighted by Gasteiger charge is -2.14. The molecular weight excluding hydrogens is 240 g/mol. The Morgan fingerprint density at radius 2 is 2.05 bits per heavy atom. The zero-order valence-corrected chi connectivity index (χ0v) is 11.5. The number of anilines is 1. The number of unbranched alkanes of at least 4 members (excludes halogenated alkanes) is 1. The van der Waals surface area contributed by atoms with Gasteiger partial charge in [0.15, 0.2) is 0 Å². The van der Waals surface area contributed by atoms with Gasteiger partial charge in [-0.05, 0) is 31.0 Å². The molecule has 1 radical (unpaired) electrons. The fourth-order valence-corrected chi connectivity index (χ4v) is 1.95. The summed E-state index contributed by atoms with van der Waals surface area (Å²) in [6.07, 6.45) is 3.81. The lowest BCUT2D eigenvalue weighted by atomic mass is 9.98. The van der Waals surface area contributed by atoms with Gasteiger partial charge in [-0.25, -0.2) is 0 Å². The highest BCUT2D eigenvalue weighted by Gasteiger charge is 2.16. The van der Waals surface area contributed by atoms with Crippen LogP contribution in [-0.2, 0) is 4.79 Å². The van der Waals surface area contributed by atoms with E-state index in [1.165, 1.54) is 0 Å². The van der Waals surface area contributed by atoms with Gasteiger partial charge in [-0.3, -0.25) is 15.3 Å². The second kappa shape index (κ2) is 7.56. The number of hydrogen-bond acceptors (Lipinski definition) is 2. The second-order valence-corrected chi connectivity index (χ2v) is 4.65. The predicted molar refractivity (Wildman–Crippen MR) is 75.8 cm³/mol. The molecule has 1 aromatic rings. The fourth-order valence-electron chi connectivity index (χ4n) is 1.95. The van der Waals surface area contributed by atoms with Crippen molar-refractivity contribution in [1.82, 2.24) is 5.73 Å². The molecule has 0 aliphatic carbocycles. The molecule has 4 nitrogen and oxygen atoms in total. The van der Waals surface area contributed by atoms with Crippen LogP contribution in [0.3, 0.4) is 0 Å². The van der Waals surface area contributed by atoms with Gasteiger partial charge >= 0.3 is 0 Å². The minimum absolute atomic E-state index is 0.00877.